The molecule has 5 heteroatoms. The number of nitriles is 1. The van der Waals surface area contributed by atoms with Crippen LogP contribution in [0.3, 0.4) is 0 Å². The van der Waals surface area contributed by atoms with E-state index in [9.17, 15) is 8.42 Å². The molecule has 4 nitrogen and oxygen atoms in total. The number of allylic oxidation sites excluding steroid dienone is 1. The summed E-state index contributed by atoms with van der Waals surface area (Å²) in [5, 5.41) is 7.85. The molecule has 0 atom stereocenters. The van der Waals surface area contributed by atoms with Crippen molar-refractivity contribution in [3.05, 3.63) is 12.2 Å². The summed E-state index contributed by atoms with van der Waals surface area (Å²) in [5.41, 5.74) is 0. The minimum absolute atomic E-state index is 0.499. The number of rotatable bonds is 2. The highest BCUT2D eigenvalue weighted by Crippen LogP contribution is 1.81. The van der Waals surface area contributed by atoms with Gasteiger partial charge >= 0.3 is 0 Å². The average Bonchev–Trinajstić information content (AvgIpc) is 1.63. The monoisotopic (exact) mass is 147 g/mol. The lowest BCUT2D eigenvalue weighted by Crippen LogP contribution is -1.99. The maximum absolute atomic E-state index is 9.90. The fourth-order valence-electron chi connectivity index (χ4n) is 0.222. The fourth-order valence-corrected chi connectivity index (χ4v) is 0.562. The molecule has 0 aliphatic rings. The Bertz CT molecular complexity index is 233. The summed E-state index contributed by atoms with van der Waals surface area (Å²) in [6.07, 6.45) is 2.06. The normalized spacial score (nSPS) is 11.6. The molecule has 0 bridgehead atoms. The second-order valence-corrected chi connectivity index (χ2v) is 2.78. The zero-order valence-electron chi connectivity index (χ0n) is 4.48. The van der Waals surface area contributed by atoms with Crippen LogP contribution in [-0.4, -0.2) is 18.7 Å². The summed E-state index contributed by atoms with van der Waals surface area (Å²) in [6.45, 7) is 0. The van der Waals surface area contributed by atoms with Crippen molar-refractivity contribution in [2.75, 3.05) is 5.75 Å². The van der Waals surface area contributed by atoms with Gasteiger partial charge in [0.2, 0.25) is 0 Å². The van der Waals surface area contributed by atoms with Crippen molar-refractivity contribution in [2.24, 2.45) is 0 Å². The van der Waals surface area contributed by atoms with Crippen molar-refractivity contribution in [3.8, 4) is 6.07 Å². The molecule has 0 rings (SSSR count). The fraction of sp³-hybridized carbons (Fsp3) is 0.250. The smallest absolute Gasteiger partial charge is 0.268 e. The molecule has 0 amide bonds. The van der Waals surface area contributed by atoms with Gasteiger partial charge in [0.05, 0.1) is 11.8 Å². The lowest BCUT2D eigenvalue weighted by Gasteiger charge is -1.83. The molecule has 1 N–H and O–H groups in total. The van der Waals surface area contributed by atoms with Gasteiger partial charge in [0.25, 0.3) is 10.1 Å². The van der Waals surface area contributed by atoms with Gasteiger partial charge in [0.1, 0.15) is 0 Å². The Labute approximate surface area is 53.2 Å². The molecule has 0 aromatic heterocycles. The van der Waals surface area contributed by atoms with Crippen molar-refractivity contribution in [1.82, 2.24) is 0 Å². The van der Waals surface area contributed by atoms with E-state index in [1.807, 2.05) is 0 Å². The predicted octanol–water partition coefficient (Wildman–Crippen LogP) is -0.0460. The van der Waals surface area contributed by atoms with Gasteiger partial charge in [-0.2, -0.15) is 13.7 Å². The van der Waals surface area contributed by atoms with Crippen LogP contribution in [0.4, 0.5) is 0 Å². The van der Waals surface area contributed by atoms with Crippen LogP contribution in [0.1, 0.15) is 0 Å². The van der Waals surface area contributed by atoms with Gasteiger partial charge in [-0.3, -0.25) is 4.55 Å². The van der Waals surface area contributed by atoms with Crippen LogP contribution in [0.2, 0.25) is 0 Å². The summed E-state index contributed by atoms with van der Waals surface area (Å²) in [6, 6.07) is 1.58. The zero-order valence-corrected chi connectivity index (χ0v) is 5.30. The van der Waals surface area contributed by atoms with Crippen LogP contribution in [-0.2, 0) is 10.1 Å². The molecule has 0 aromatic carbocycles. The quantitative estimate of drug-likeness (QED) is 0.439. The Kier molecular flexibility index (Phi) is 2.91. The van der Waals surface area contributed by atoms with Crippen LogP contribution in [0.15, 0.2) is 12.2 Å². The van der Waals surface area contributed by atoms with E-state index >= 15 is 0 Å². The van der Waals surface area contributed by atoms with Crippen LogP contribution in [0.25, 0.3) is 0 Å². The third-order valence-corrected chi connectivity index (χ3v) is 1.11. The third-order valence-electron chi connectivity index (χ3n) is 0.499. The lowest BCUT2D eigenvalue weighted by molar-refractivity contribution is 0.487. The number of hydrogen-bond acceptors (Lipinski definition) is 3. The van der Waals surface area contributed by atoms with E-state index in [-0.39, 0.29) is 0 Å². The van der Waals surface area contributed by atoms with Crippen molar-refractivity contribution in [1.29, 1.82) is 5.26 Å². The Morgan fingerprint density at radius 2 is 2.22 bits per heavy atom. The highest BCUT2D eigenvalue weighted by atomic mass is 32.2. The molecule has 50 valence electrons. The van der Waals surface area contributed by atoms with Gasteiger partial charge in [-0.15, -0.1) is 0 Å². The number of hydrogen-bond donors (Lipinski definition) is 1. The molecule has 0 aliphatic heterocycles. The molecule has 9 heavy (non-hydrogen) atoms. The first kappa shape index (κ1) is 8.14. The van der Waals surface area contributed by atoms with Crippen molar-refractivity contribution >= 4 is 10.1 Å². The van der Waals surface area contributed by atoms with E-state index in [0.29, 0.717) is 0 Å². The molecule has 0 radical (unpaired) electrons. The van der Waals surface area contributed by atoms with Gasteiger partial charge in [-0.05, 0) is 0 Å². The average molecular weight is 147 g/mol. The van der Waals surface area contributed by atoms with Gasteiger partial charge in [-0.1, -0.05) is 6.08 Å². The Hall–Kier alpha value is -0.860. The van der Waals surface area contributed by atoms with E-state index in [0.717, 1.165) is 12.2 Å². The van der Waals surface area contributed by atoms with Crippen LogP contribution < -0.4 is 0 Å². The minimum atomic E-state index is -3.93. The van der Waals surface area contributed by atoms with Crippen LogP contribution in [0.5, 0.6) is 0 Å². The van der Waals surface area contributed by atoms with Crippen molar-refractivity contribution in [3.63, 3.8) is 0 Å². The highest BCUT2D eigenvalue weighted by Gasteiger charge is 1.97. The molecule has 0 fully saturated rings. The standard InChI is InChI=1S/C4H5NO3S/c5-3-1-2-4-9(6,7)8/h1-2H,4H2,(H,6,7,8). The van der Waals surface area contributed by atoms with Gasteiger partial charge in [-0.25, -0.2) is 0 Å². The molecule has 0 spiro atoms. The first-order valence-corrected chi connectivity index (χ1v) is 3.67. The maximum atomic E-state index is 9.90. The van der Waals surface area contributed by atoms with E-state index in [4.69, 9.17) is 9.81 Å². The first-order valence-electron chi connectivity index (χ1n) is 2.06. The Morgan fingerprint density at radius 3 is 2.56 bits per heavy atom. The summed E-state index contributed by atoms with van der Waals surface area (Å²) in [4.78, 5) is 0. The zero-order chi connectivity index (χ0) is 7.33. The molecule has 0 saturated heterocycles. The molecular formula is C4H5NO3S. The largest absolute Gasteiger partial charge is 0.285 e. The van der Waals surface area contributed by atoms with E-state index in [1.54, 1.807) is 6.07 Å². The third kappa shape index (κ3) is 7.14. The van der Waals surface area contributed by atoms with Crippen molar-refractivity contribution in [2.45, 2.75) is 0 Å². The molecule has 0 aromatic rings. The van der Waals surface area contributed by atoms with Gasteiger partial charge < -0.3 is 0 Å². The van der Waals surface area contributed by atoms with E-state index in [2.05, 4.69) is 0 Å². The molecule has 0 heterocycles. The van der Waals surface area contributed by atoms with Crippen LogP contribution >= 0.6 is 0 Å². The van der Waals surface area contributed by atoms with Gasteiger partial charge in [0, 0.05) is 6.08 Å². The number of nitrogens with zero attached hydrogens (tertiary/aromatic N) is 1. The first-order chi connectivity index (χ1) is 4.06. The lowest BCUT2D eigenvalue weighted by atomic mass is 10.6. The predicted molar refractivity (Wildman–Crippen MR) is 31.2 cm³/mol. The summed E-state index contributed by atoms with van der Waals surface area (Å²) < 4.78 is 27.9. The summed E-state index contributed by atoms with van der Waals surface area (Å²) in [5.74, 6) is -0.499. The topological polar surface area (TPSA) is 78.2 Å². The minimum Gasteiger partial charge on any atom is -0.285 e. The molecule has 0 unspecified atom stereocenters. The second-order valence-electron chi connectivity index (χ2n) is 1.28. The van der Waals surface area contributed by atoms with E-state index < -0.39 is 15.9 Å². The summed E-state index contributed by atoms with van der Waals surface area (Å²) in [7, 11) is -3.93. The Morgan fingerprint density at radius 1 is 1.67 bits per heavy atom. The van der Waals surface area contributed by atoms with Crippen LogP contribution in [0, 0.1) is 11.3 Å². The summed E-state index contributed by atoms with van der Waals surface area (Å²) >= 11 is 0. The molecule has 0 aliphatic carbocycles. The van der Waals surface area contributed by atoms with Crippen molar-refractivity contribution < 1.29 is 13.0 Å². The second kappa shape index (κ2) is 3.22. The Balaban J connectivity index is 3.83. The molecular weight excluding hydrogens is 142 g/mol. The maximum Gasteiger partial charge on any atom is 0.268 e. The SMILES string of the molecule is N#CC=CCS(=O)(=O)O. The van der Waals surface area contributed by atoms with Gasteiger partial charge in [0.15, 0.2) is 0 Å². The molecule has 0 saturated carbocycles. The van der Waals surface area contributed by atoms with E-state index in [1.165, 1.54) is 0 Å². The highest BCUT2D eigenvalue weighted by molar-refractivity contribution is 7.85.